The lowest BCUT2D eigenvalue weighted by molar-refractivity contribution is -0.167. The highest BCUT2D eigenvalue weighted by Crippen LogP contribution is 2.16. The molecule has 0 amide bonds. The van der Waals surface area contributed by atoms with Crippen molar-refractivity contribution in [2.75, 3.05) is 13.2 Å². The molecule has 380 valence electrons. The van der Waals surface area contributed by atoms with Gasteiger partial charge in [-0.1, -0.05) is 250 Å². The molecule has 1 unspecified atom stereocenters. The Bertz CT molecular complexity index is 1090. The number of allylic oxidation sites excluding steroid dienone is 6. The molecule has 0 rings (SSSR count). The Kier molecular flexibility index (Phi) is 52.3. The third kappa shape index (κ3) is 52.5. The van der Waals surface area contributed by atoms with E-state index in [9.17, 15) is 14.4 Å². The molecule has 0 bridgehead atoms. The van der Waals surface area contributed by atoms with E-state index in [2.05, 4.69) is 57.2 Å². The number of hydrogen-bond donors (Lipinski definition) is 0. The van der Waals surface area contributed by atoms with E-state index in [0.717, 1.165) is 77.0 Å². The molecule has 0 aromatic rings. The van der Waals surface area contributed by atoms with Gasteiger partial charge in [0.25, 0.3) is 0 Å². The number of ether oxygens (including phenoxy) is 3. The zero-order valence-corrected chi connectivity index (χ0v) is 43.5. The molecule has 6 heteroatoms. The average Bonchev–Trinajstić information content (AvgIpc) is 3.30. The van der Waals surface area contributed by atoms with E-state index >= 15 is 0 Å². The summed E-state index contributed by atoms with van der Waals surface area (Å²) in [5.41, 5.74) is 0. The fourth-order valence-electron chi connectivity index (χ4n) is 8.31. The van der Waals surface area contributed by atoms with Crippen LogP contribution in [0.1, 0.15) is 303 Å². The van der Waals surface area contributed by atoms with E-state index in [1.54, 1.807) is 0 Å². The van der Waals surface area contributed by atoms with Crippen molar-refractivity contribution in [3.63, 3.8) is 0 Å². The first kappa shape index (κ1) is 62.6. The molecule has 0 saturated heterocycles. The fraction of sp³-hybridized carbons (Fsp3) is 0.847. The summed E-state index contributed by atoms with van der Waals surface area (Å²) >= 11 is 0. The summed E-state index contributed by atoms with van der Waals surface area (Å²) < 4.78 is 16.8. The van der Waals surface area contributed by atoms with E-state index in [4.69, 9.17) is 14.2 Å². The van der Waals surface area contributed by atoms with E-state index in [1.165, 1.54) is 186 Å². The summed E-state index contributed by atoms with van der Waals surface area (Å²) in [5, 5.41) is 0. The van der Waals surface area contributed by atoms with Gasteiger partial charge in [-0.3, -0.25) is 14.4 Å². The molecule has 0 aliphatic carbocycles. The van der Waals surface area contributed by atoms with Crippen molar-refractivity contribution in [3.05, 3.63) is 36.5 Å². The highest BCUT2D eigenvalue weighted by Gasteiger charge is 2.19. The van der Waals surface area contributed by atoms with Crippen LogP contribution in [0.5, 0.6) is 0 Å². The Morgan fingerprint density at radius 2 is 0.554 bits per heavy atom. The topological polar surface area (TPSA) is 78.9 Å². The number of carbonyl (C=O) groups excluding carboxylic acids is 3. The predicted octanol–water partition coefficient (Wildman–Crippen LogP) is 18.9. The number of unbranched alkanes of at least 4 members (excludes halogenated alkanes) is 36. The first-order valence-electron chi connectivity index (χ1n) is 28.5. The summed E-state index contributed by atoms with van der Waals surface area (Å²) in [6.45, 7) is 6.64. The molecule has 0 spiro atoms. The van der Waals surface area contributed by atoms with Crippen LogP contribution in [0.3, 0.4) is 0 Å². The monoisotopic (exact) mass is 913 g/mol. The maximum Gasteiger partial charge on any atom is 0.306 e. The Balaban J connectivity index is 4.38. The Hall–Kier alpha value is -2.37. The van der Waals surface area contributed by atoms with Crippen molar-refractivity contribution in [3.8, 4) is 0 Å². The molecule has 6 nitrogen and oxygen atoms in total. The van der Waals surface area contributed by atoms with E-state index in [0.29, 0.717) is 19.3 Å². The summed E-state index contributed by atoms with van der Waals surface area (Å²) in [7, 11) is 0. The van der Waals surface area contributed by atoms with Gasteiger partial charge >= 0.3 is 17.9 Å². The summed E-state index contributed by atoms with van der Waals surface area (Å²) in [5.74, 6) is -0.902. The standard InChI is InChI=1S/C59H108O6/c1-4-7-10-13-16-19-22-25-27-29-30-32-34-37-40-43-46-49-52-58(61)64-55-56(54-63-57(60)51-48-45-42-39-36-33-24-21-18-15-12-9-6-3)65-59(62)53-50-47-44-41-38-35-31-28-26-23-20-17-14-11-8-5-2/h28,30-32,35,38,56H,4-27,29,33-34,36-37,39-55H2,1-3H3/b31-28-,32-30-,38-35-. The Morgan fingerprint density at radius 3 is 0.877 bits per heavy atom. The van der Waals surface area contributed by atoms with Gasteiger partial charge < -0.3 is 14.2 Å². The Labute approximate surface area is 404 Å². The molecular formula is C59H108O6. The molecule has 0 aliphatic heterocycles. The lowest BCUT2D eigenvalue weighted by Gasteiger charge is -2.18. The normalized spacial score (nSPS) is 12.2. The molecule has 0 fully saturated rings. The van der Waals surface area contributed by atoms with Crippen LogP contribution in [0.15, 0.2) is 36.5 Å². The van der Waals surface area contributed by atoms with Gasteiger partial charge in [-0.25, -0.2) is 0 Å². The molecule has 0 heterocycles. The molecule has 0 aromatic heterocycles. The lowest BCUT2D eigenvalue weighted by atomic mass is 10.0. The fourth-order valence-corrected chi connectivity index (χ4v) is 8.31. The third-order valence-corrected chi connectivity index (χ3v) is 12.6. The van der Waals surface area contributed by atoms with Crippen molar-refractivity contribution in [2.24, 2.45) is 0 Å². The zero-order chi connectivity index (χ0) is 47.2. The quantitative estimate of drug-likeness (QED) is 0.0199. The highest BCUT2D eigenvalue weighted by molar-refractivity contribution is 5.71. The number of esters is 3. The summed E-state index contributed by atoms with van der Waals surface area (Å²) in [6.07, 6.45) is 64.2. The molecule has 0 aromatic carbocycles. The van der Waals surface area contributed by atoms with Crippen molar-refractivity contribution < 1.29 is 28.6 Å². The van der Waals surface area contributed by atoms with Crippen molar-refractivity contribution in [1.29, 1.82) is 0 Å². The van der Waals surface area contributed by atoms with E-state index in [-0.39, 0.29) is 31.1 Å². The van der Waals surface area contributed by atoms with E-state index < -0.39 is 6.10 Å². The van der Waals surface area contributed by atoms with Crippen LogP contribution in [0.25, 0.3) is 0 Å². The van der Waals surface area contributed by atoms with Crippen molar-refractivity contribution in [2.45, 2.75) is 309 Å². The van der Waals surface area contributed by atoms with Gasteiger partial charge in [-0.2, -0.15) is 0 Å². The second-order valence-electron chi connectivity index (χ2n) is 19.2. The predicted molar refractivity (Wildman–Crippen MR) is 279 cm³/mol. The smallest absolute Gasteiger partial charge is 0.306 e. The maximum absolute atomic E-state index is 12.8. The second kappa shape index (κ2) is 54.2. The highest BCUT2D eigenvalue weighted by atomic mass is 16.6. The van der Waals surface area contributed by atoms with Gasteiger partial charge in [0.2, 0.25) is 0 Å². The first-order valence-corrected chi connectivity index (χ1v) is 28.5. The molecule has 1 atom stereocenters. The minimum atomic E-state index is -0.786. The molecule has 0 N–H and O–H groups in total. The Morgan fingerprint density at radius 1 is 0.308 bits per heavy atom. The molecule has 65 heavy (non-hydrogen) atoms. The zero-order valence-electron chi connectivity index (χ0n) is 43.5. The second-order valence-corrected chi connectivity index (χ2v) is 19.2. The molecular weight excluding hydrogens is 805 g/mol. The lowest BCUT2D eigenvalue weighted by Crippen LogP contribution is -2.30. The minimum Gasteiger partial charge on any atom is -0.462 e. The van der Waals surface area contributed by atoms with Gasteiger partial charge in [0, 0.05) is 19.3 Å². The number of carbonyl (C=O) groups is 3. The van der Waals surface area contributed by atoms with Gasteiger partial charge in [0.15, 0.2) is 6.10 Å². The number of hydrogen-bond acceptors (Lipinski definition) is 6. The molecule has 0 radical (unpaired) electrons. The number of rotatable bonds is 52. The van der Waals surface area contributed by atoms with Crippen LogP contribution in [-0.4, -0.2) is 37.2 Å². The van der Waals surface area contributed by atoms with Gasteiger partial charge in [0.1, 0.15) is 13.2 Å². The minimum absolute atomic E-state index is 0.0821. The third-order valence-electron chi connectivity index (χ3n) is 12.6. The van der Waals surface area contributed by atoms with Crippen LogP contribution in [0, 0.1) is 0 Å². The van der Waals surface area contributed by atoms with Crippen LogP contribution in [0.4, 0.5) is 0 Å². The largest absolute Gasteiger partial charge is 0.462 e. The van der Waals surface area contributed by atoms with Crippen molar-refractivity contribution >= 4 is 17.9 Å². The maximum atomic E-state index is 12.8. The van der Waals surface area contributed by atoms with E-state index in [1.807, 2.05) is 0 Å². The van der Waals surface area contributed by atoms with Crippen LogP contribution in [0.2, 0.25) is 0 Å². The first-order chi connectivity index (χ1) is 32.0. The van der Waals surface area contributed by atoms with Gasteiger partial charge in [-0.05, 0) is 70.6 Å². The van der Waals surface area contributed by atoms with Gasteiger partial charge in [-0.15, -0.1) is 0 Å². The van der Waals surface area contributed by atoms with Crippen LogP contribution < -0.4 is 0 Å². The van der Waals surface area contributed by atoms with Crippen LogP contribution >= 0.6 is 0 Å². The SMILES string of the molecule is CCCCCCCCC/C=C\C=C/CCCCCC(=O)OC(COC(=O)CCCCCCC/C=C\CCCCCCCCCCC)COC(=O)CCCCCCCCCCCCCCC. The summed E-state index contributed by atoms with van der Waals surface area (Å²) in [4.78, 5) is 38.1. The average molecular weight is 914 g/mol. The van der Waals surface area contributed by atoms with Crippen LogP contribution in [-0.2, 0) is 28.6 Å². The van der Waals surface area contributed by atoms with Gasteiger partial charge in [0.05, 0.1) is 0 Å². The molecule has 0 aliphatic rings. The molecule has 0 saturated carbocycles. The van der Waals surface area contributed by atoms with Crippen molar-refractivity contribution in [1.82, 2.24) is 0 Å². The summed E-state index contributed by atoms with van der Waals surface area (Å²) in [6, 6.07) is 0.